The summed E-state index contributed by atoms with van der Waals surface area (Å²) in [5.74, 6) is -3.54. The molecule has 2 atom stereocenters. The van der Waals surface area contributed by atoms with Crippen LogP contribution in [0, 0.1) is 17.6 Å². The molecule has 0 spiro atoms. The summed E-state index contributed by atoms with van der Waals surface area (Å²) >= 11 is 0. The highest BCUT2D eigenvalue weighted by atomic mass is 19.3. The molecule has 0 unspecified atom stereocenters. The molecule has 3 aromatic rings. The lowest BCUT2D eigenvalue weighted by Crippen LogP contribution is -2.40. The zero-order valence-electron chi connectivity index (χ0n) is 21.0. The molecule has 208 valence electrons. The Morgan fingerprint density at radius 2 is 1.90 bits per heavy atom. The van der Waals surface area contributed by atoms with Gasteiger partial charge < -0.3 is 30.3 Å². The number of benzene rings is 2. The average Bonchev–Trinajstić information content (AvgIpc) is 3.61. The number of oxazole rings is 1. The smallest absolute Gasteiger partial charge is 0.387 e. The van der Waals surface area contributed by atoms with Gasteiger partial charge in [0.15, 0.2) is 23.0 Å². The maximum atomic E-state index is 14.5. The van der Waals surface area contributed by atoms with Gasteiger partial charge in [0.2, 0.25) is 11.8 Å². The van der Waals surface area contributed by atoms with Gasteiger partial charge in [0, 0.05) is 24.2 Å². The van der Waals surface area contributed by atoms with Gasteiger partial charge in [-0.25, -0.2) is 13.8 Å². The molecule has 2 aromatic carbocycles. The molecule has 1 aliphatic carbocycles. The third kappa shape index (κ3) is 6.66. The lowest BCUT2D eigenvalue weighted by Gasteiger charge is -2.18. The molecule has 4 rings (SSSR count). The number of nitrogens with zero attached hydrogens (tertiary/aromatic N) is 1. The number of hydrogen-bond acceptors (Lipinski definition) is 7. The number of nitrogens with two attached hydrogens (primary N) is 1. The fourth-order valence-corrected chi connectivity index (χ4v) is 3.73. The zero-order valence-corrected chi connectivity index (χ0v) is 21.0. The van der Waals surface area contributed by atoms with Gasteiger partial charge in [-0.05, 0) is 49.9 Å². The minimum absolute atomic E-state index is 0.0396. The van der Waals surface area contributed by atoms with Gasteiger partial charge in [0.25, 0.3) is 5.91 Å². The summed E-state index contributed by atoms with van der Waals surface area (Å²) in [6.07, 6.45) is 1.94. The number of nitrogens with one attached hydrogen (secondary N) is 2. The number of hydrogen-bond donors (Lipinski definition) is 3. The van der Waals surface area contributed by atoms with Gasteiger partial charge in [-0.15, -0.1) is 0 Å². The molecule has 9 nitrogen and oxygen atoms in total. The molecule has 2 amide bonds. The molecule has 0 aliphatic heterocycles. The second-order valence-corrected chi connectivity index (χ2v) is 9.00. The number of alkyl halides is 2. The number of amides is 2. The van der Waals surface area contributed by atoms with E-state index in [0.29, 0.717) is 18.6 Å². The van der Waals surface area contributed by atoms with Crippen molar-refractivity contribution < 1.29 is 41.0 Å². The fourth-order valence-electron chi connectivity index (χ4n) is 3.73. The van der Waals surface area contributed by atoms with Crippen LogP contribution in [-0.2, 0) is 4.79 Å². The molecule has 1 heterocycles. The molecular formula is C26H26F4N4O5. The van der Waals surface area contributed by atoms with Crippen molar-refractivity contribution in [1.82, 2.24) is 15.6 Å². The number of ether oxygens (including phenoxy) is 2. The summed E-state index contributed by atoms with van der Waals surface area (Å²) in [6.45, 7) is -1.23. The van der Waals surface area contributed by atoms with Crippen LogP contribution in [0.25, 0.3) is 11.5 Å². The van der Waals surface area contributed by atoms with E-state index in [1.165, 1.54) is 32.2 Å². The van der Waals surface area contributed by atoms with E-state index in [9.17, 15) is 27.2 Å². The Bertz CT molecular complexity index is 1360. The maximum Gasteiger partial charge on any atom is 0.387 e. The predicted molar refractivity (Wildman–Crippen MR) is 130 cm³/mol. The molecule has 39 heavy (non-hydrogen) atoms. The van der Waals surface area contributed by atoms with E-state index in [4.69, 9.17) is 14.9 Å². The maximum absolute atomic E-state index is 14.5. The number of halogens is 4. The Labute approximate surface area is 220 Å². The van der Waals surface area contributed by atoms with Crippen molar-refractivity contribution in [3.8, 4) is 23.0 Å². The largest absolute Gasteiger partial charge is 0.489 e. The molecule has 0 bridgehead atoms. The molecule has 1 saturated carbocycles. The Balaban J connectivity index is 1.66. The summed E-state index contributed by atoms with van der Waals surface area (Å²) < 4.78 is 69.6. The molecule has 13 heteroatoms. The Hall–Kier alpha value is -4.13. The van der Waals surface area contributed by atoms with Crippen molar-refractivity contribution in [2.24, 2.45) is 11.7 Å². The predicted octanol–water partition coefficient (Wildman–Crippen LogP) is 4.25. The molecule has 1 aliphatic rings. The van der Waals surface area contributed by atoms with Crippen LogP contribution < -0.4 is 25.8 Å². The van der Waals surface area contributed by atoms with Gasteiger partial charge in [-0.1, -0.05) is 6.07 Å². The van der Waals surface area contributed by atoms with E-state index in [1.54, 1.807) is 0 Å². The van der Waals surface area contributed by atoms with Gasteiger partial charge in [-0.3, -0.25) is 9.59 Å². The summed E-state index contributed by atoms with van der Waals surface area (Å²) in [7, 11) is 1.29. The van der Waals surface area contributed by atoms with Crippen LogP contribution in [0.3, 0.4) is 0 Å². The van der Waals surface area contributed by atoms with E-state index in [-0.39, 0.29) is 40.0 Å². The number of rotatable bonds is 11. The first-order valence-corrected chi connectivity index (χ1v) is 12.0. The van der Waals surface area contributed by atoms with E-state index in [1.807, 2.05) is 0 Å². The highest BCUT2D eigenvalue weighted by molar-refractivity contribution is 5.97. The van der Waals surface area contributed by atoms with Crippen LogP contribution in [0.1, 0.15) is 53.7 Å². The van der Waals surface area contributed by atoms with E-state index in [0.717, 1.165) is 25.0 Å². The Kier molecular flexibility index (Phi) is 8.38. The van der Waals surface area contributed by atoms with Gasteiger partial charge in [0.05, 0.1) is 12.6 Å². The van der Waals surface area contributed by atoms with Crippen LogP contribution in [0.5, 0.6) is 11.5 Å². The van der Waals surface area contributed by atoms with Crippen molar-refractivity contribution in [1.29, 1.82) is 0 Å². The van der Waals surface area contributed by atoms with Crippen LogP contribution in [0.4, 0.5) is 17.6 Å². The number of aromatic nitrogens is 1. The first-order valence-electron chi connectivity index (χ1n) is 12.0. The summed E-state index contributed by atoms with van der Waals surface area (Å²) in [4.78, 5) is 29.9. The number of carbonyl (C=O) groups excluding carboxylic acids is 2. The van der Waals surface area contributed by atoms with Crippen molar-refractivity contribution >= 4 is 11.8 Å². The van der Waals surface area contributed by atoms with Crippen LogP contribution in [0.2, 0.25) is 0 Å². The Morgan fingerprint density at radius 3 is 2.51 bits per heavy atom. The summed E-state index contributed by atoms with van der Waals surface area (Å²) in [5, 5.41) is 4.70. The standard InChI is InChI=1S/C26H26F4N4O5/c1-12(31)22-21(24(36)33-20(23(35)32-2)16-7-6-15(27)10-17(16)28)34-25(39-22)14-5-8-18(38-26(29)30)19(9-14)37-11-13-3-4-13/h5-10,12-13,20,26H,3-4,11,31H2,1-2H3,(H,32,35)(H,33,36)/t12-,20+/m0/s1. The SMILES string of the molecule is CNC(=O)[C@H](NC(=O)c1nc(-c2ccc(OC(F)F)c(OCC3CC3)c2)oc1[C@H](C)N)c1ccc(F)cc1F. The summed E-state index contributed by atoms with van der Waals surface area (Å²) in [5.41, 5.74) is 5.70. The second kappa shape index (κ2) is 11.7. The van der Waals surface area contributed by atoms with E-state index in [2.05, 4.69) is 20.4 Å². The highest BCUT2D eigenvalue weighted by Crippen LogP contribution is 2.37. The molecular weight excluding hydrogens is 524 g/mol. The molecule has 0 radical (unpaired) electrons. The third-order valence-electron chi connectivity index (χ3n) is 5.92. The van der Waals surface area contributed by atoms with E-state index < -0.39 is 42.1 Å². The normalized spacial score (nSPS) is 14.6. The van der Waals surface area contributed by atoms with Gasteiger partial charge in [-0.2, -0.15) is 8.78 Å². The van der Waals surface area contributed by atoms with Crippen LogP contribution in [0.15, 0.2) is 40.8 Å². The minimum Gasteiger partial charge on any atom is -0.489 e. The van der Waals surface area contributed by atoms with Crippen molar-refractivity contribution in [3.63, 3.8) is 0 Å². The van der Waals surface area contributed by atoms with Gasteiger partial charge >= 0.3 is 6.61 Å². The number of likely N-dealkylation sites (N-methyl/N-ethyl adjacent to an activating group) is 1. The summed E-state index contributed by atoms with van der Waals surface area (Å²) in [6, 6.07) is 4.25. The fraction of sp³-hybridized carbons (Fsp3) is 0.346. The topological polar surface area (TPSA) is 129 Å². The zero-order chi connectivity index (χ0) is 28.3. The molecule has 4 N–H and O–H groups in total. The molecule has 1 fully saturated rings. The monoisotopic (exact) mass is 550 g/mol. The Morgan fingerprint density at radius 1 is 1.15 bits per heavy atom. The molecule has 1 aromatic heterocycles. The first kappa shape index (κ1) is 27.9. The lowest BCUT2D eigenvalue weighted by atomic mass is 10.0. The average molecular weight is 551 g/mol. The quantitative estimate of drug-likeness (QED) is 0.305. The first-order chi connectivity index (χ1) is 18.6. The van der Waals surface area contributed by atoms with Crippen LogP contribution >= 0.6 is 0 Å². The highest BCUT2D eigenvalue weighted by Gasteiger charge is 2.30. The van der Waals surface area contributed by atoms with Gasteiger partial charge in [0.1, 0.15) is 17.7 Å². The van der Waals surface area contributed by atoms with Crippen molar-refractivity contribution in [2.45, 2.75) is 38.5 Å². The number of carbonyl (C=O) groups is 2. The minimum atomic E-state index is -3.07. The van der Waals surface area contributed by atoms with E-state index >= 15 is 0 Å². The second-order valence-electron chi connectivity index (χ2n) is 9.00. The van der Waals surface area contributed by atoms with Crippen molar-refractivity contribution in [3.05, 3.63) is 65.1 Å². The van der Waals surface area contributed by atoms with Crippen molar-refractivity contribution in [2.75, 3.05) is 13.7 Å². The lowest BCUT2D eigenvalue weighted by molar-refractivity contribution is -0.122. The molecule has 0 saturated heterocycles. The third-order valence-corrected chi connectivity index (χ3v) is 5.92. The van der Waals surface area contributed by atoms with Crippen LogP contribution in [-0.4, -0.2) is 37.1 Å².